The average Bonchev–Trinajstić information content (AvgIpc) is 2.44. The molecule has 1 unspecified atom stereocenters. The van der Waals surface area contributed by atoms with Gasteiger partial charge in [0, 0.05) is 38.3 Å². The van der Waals surface area contributed by atoms with Gasteiger partial charge >= 0.3 is 0 Å². The van der Waals surface area contributed by atoms with Crippen molar-refractivity contribution in [3.63, 3.8) is 0 Å². The third-order valence-electron chi connectivity index (χ3n) is 3.84. The summed E-state index contributed by atoms with van der Waals surface area (Å²) in [6, 6.07) is 3.34. The molecule has 0 saturated carbocycles. The summed E-state index contributed by atoms with van der Waals surface area (Å²) in [7, 11) is 0. The zero-order valence-corrected chi connectivity index (χ0v) is 11.3. The van der Waals surface area contributed by atoms with E-state index < -0.39 is 5.82 Å². The van der Waals surface area contributed by atoms with Gasteiger partial charge in [0.25, 0.3) is 0 Å². The zero-order chi connectivity index (χ0) is 13.8. The zero-order valence-electron chi connectivity index (χ0n) is 11.3. The van der Waals surface area contributed by atoms with Gasteiger partial charge in [0.1, 0.15) is 11.6 Å². The first-order valence-electron chi connectivity index (χ1n) is 6.77. The summed E-state index contributed by atoms with van der Waals surface area (Å²) in [6.45, 7) is 7.02. The van der Waals surface area contributed by atoms with Gasteiger partial charge in [-0.2, -0.15) is 0 Å². The molecule has 1 aromatic rings. The highest BCUT2D eigenvalue weighted by Gasteiger charge is 2.25. The van der Waals surface area contributed by atoms with Crippen LogP contribution in [0.2, 0.25) is 0 Å². The Morgan fingerprint density at radius 3 is 2.47 bits per heavy atom. The SMILES string of the molecule is CCN1CCN(C(CN)c2cc(F)ccc2F)CC1. The Hall–Kier alpha value is -1.04. The average molecular weight is 269 g/mol. The second-order valence-corrected chi connectivity index (χ2v) is 4.89. The summed E-state index contributed by atoms with van der Waals surface area (Å²) >= 11 is 0. The fraction of sp³-hybridized carbons (Fsp3) is 0.571. The van der Waals surface area contributed by atoms with Crippen molar-refractivity contribution < 1.29 is 8.78 Å². The number of nitrogens with two attached hydrogens (primary N) is 1. The molecule has 3 nitrogen and oxygen atoms in total. The van der Waals surface area contributed by atoms with Crippen LogP contribution in [0.25, 0.3) is 0 Å². The van der Waals surface area contributed by atoms with Crippen LogP contribution in [0.3, 0.4) is 0 Å². The first-order chi connectivity index (χ1) is 9.15. The highest BCUT2D eigenvalue weighted by molar-refractivity contribution is 5.23. The Balaban J connectivity index is 2.14. The fourth-order valence-electron chi connectivity index (χ4n) is 2.63. The summed E-state index contributed by atoms with van der Waals surface area (Å²) in [5.41, 5.74) is 6.15. The smallest absolute Gasteiger partial charge is 0.128 e. The van der Waals surface area contributed by atoms with E-state index >= 15 is 0 Å². The Labute approximate surface area is 113 Å². The van der Waals surface area contributed by atoms with Crippen LogP contribution in [0.15, 0.2) is 18.2 Å². The van der Waals surface area contributed by atoms with Crippen molar-refractivity contribution in [2.24, 2.45) is 5.73 Å². The molecular formula is C14H21F2N3. The van der Waals surface area contributed by atoms with Crippen LogP contribution in [0, 0.1) is 11.6 Å². The number of halogens is 2. The third kappa shape index (κ3) is 3.29. The van der Waals surface area contributed by atoms with Crippen molar-refractivity contribution in [2.45, 2.75) is 13.0 Å². The molecule has 0 aliphatic carbocycles. The highest BCUT2D eigenvalue weighted by atomic mass is 19.1. The number of rotatable bonds is 4. The highest BCUT2D eigenvalue weighted by Crippen LogP contribution is 2.24. The number of hydrogen-bond acceptors (Lipinski definition) is 3. The van der Waals surface area contributed by atoms with Crippen LogP contribution in [-0.2, 0) is 0 Å². The molecule has 106 valence electrons. The molecule has 2 rings (SSSR count). The predicted octanol–water partition coefficient (Wildman–Crippen LogP) is 1.60. The molecule has 1 aliphatic rings. The molecule has 19 heavy (non-hydrogen) atoms. The van der Waals surface area contributed by atoms with Crippen LogP contribution in [0.5, 0.6) is 0 Å². The molecular weight excluding hydrogens is 248 g/mol. The maximum absolute atomic E-state index is 13.8. The lowest BCUT2D eigenvalue weighted by molar-refractivity contribution is 0.100. The van der Waals surface area contributed by atoms with Crippen LogP contribution in [-0.4, -0.2) is 49.1 Å². The molecule has 0 amide bonds. The molecule has 0 radical (unpaired) electrons. The monoisotopic (exact) mass is 269 g/mol. The molecule has 0 bridgehead atoms. The van der Waals surface area contributed by atoms with Gasteiger partial charge in [0.05, 0.1) is 6.04 Å². The lowest BCUT2D eigenvalue weighted by atomic mass is 10.0. The number of hydrogen-bond donors (Lipinski definition) is 1. The molecule has 1 saturated heterocycles. The van der Waals surface area contributed by atoms with E-state index in [1.54, 1.807) is 0 Å². The molecule has 0 spiro atoms. The molecule has 1 aliphatic heterocycles. The van der Waals surface area contributed by atoms with Gasteiger partial charge in [-0.3, -0.25) is 4.90 Å². The molecule has 2 N–H and O–H groups in total. The lowest BCUT2D eigenvalue weighted by Gasteiger charge is -2.38. The van der Waals surface area contributed by atoms with Gasteiger partial charge in [-0.05, 0) is 24.7 Å². The molecule has 1 heterocycles. The summed E-state index contributed by atoms with van der Waals surface area (Å²) in [4.78, 5) is 4.48. The van der Waals surface area contributed by atoms with Crippen LogP contribution < -0.4 is 5.73 Å². The Morgan fingerprint density at radius 2 is 1.89 bits per heavy atom. The minimum atomic E-state index is -0.415. The van der Waals surface area contributed by atoms with Crippen molar-refractivity contribution in [1.29, 1.82) is 0 Å². The van der Waals surface area contributed by atoms with Gasteiger partial charge in [-0.15, -0.1) is 0 Å². The van der Waals surface area contributed by atoms with Crippen LogP contribution in [0.4, 0.5) is 8.78 Å². The molecule has 0 aromatic heterocycles. The van der Waals surface area contributed by atoms with E-state index in [0.29, 0.717) is 12.1 Å². The predicted molar refractivity (Wildman–Crippen MR) is 71.8 cm³/mol. The van der Waals surface area contributed by atoms with Gasteiger partial charge < -0.3 is 10.6 Å². The lowest BCUT2D eigenvalue weighted by Crippen LogP contribution is -2.49. The minimum Gasteiger partial charge on any atom is -0.329 e. The normalized spacial score (nSPS) is 19.6. The summed E-state index contributed by atoms with van der Waals surface area (Å²) in [5, 5.41) is 0. The van der Waals surface area contributed by atoms with E-state index in [9.17, 15) is 8.78 Å². The van der Waals surface area contributed by atoms with E-state index in [4.69, 9.17) is 5.73 Å². The Bertz CT molecular complexity index is 417. The van der Waals surface area contributed by atoms with Gasteiger partial charge in [0.15, 0.2) is 0 Å². The van der Waals surface area contributed by atoms with Crippen molar-refractivity contribution >= 4 is 0 Å². The second kappa shape index (κ2) is 6.41. The van der Waals surface area contributed by atoms with Crippen molar-refractivity contribution in [1.82, 2.24) is 9.80 Å². The summed E-state index contributed by atoms with van der Waals surface area (Å²) < 4.78 is 27.1. The quantitative estimate of drug-likeness (QED) is 0.901. The van der Waals surface area contributed by atoms with Crippen molar-refractivity contribution in [3.8, 4) is 0 Å². The van der Waals surface area contributed by atoms with E-state index in [1.807, 2.05) is 0 Å². The van der Waals surface area contributed by atoms with Crippen LogP contribution in [0.1, 0.15) is 18.5 Å². The second-order valence-electron chi connectivity index (χ2n) is 4.89. The van der Waals surface area contributed by atoms with Gasteiger partial charge in [0.2, 0.25) is 0 Å². The van der Waals surface area contributed by atoms with E-state index in [0.717, 1.165) is 38.8 Å². The first-order valence-corrected chi connectivity index (χ1v) is 6.77. The topological polar surface area (TPSA) is 32.5 Å². The van der Waals surface area contributed by atoms with Gasteiger partial charge in [-0.1, -0.05) is 6.92 Å². The van der Waals surface area contributed by atoms with E-state index in [-0.39, 0.29) is 11.9 Å². The first kappa shape index (κ1) is 14.4. The maximum Gasteiger partial charge on any atom is 0.128 e. The molecule has 5 heteroatoms. The van der Waals surface area contributed by atoms with Crippen LogP contribution >= 0.6 is 0 Å². The van der Waals surface area contributed by atoms with Gasteiger partial charge in [-0.25, -0.2) is 8.78 Å². The maximum atomic E-state index is 13.8. The van der Waals surface area contributed by atoms with E-state index in [1.165, 1.54) is 12.1 Å². The van der Waals surface area contributed by atoms with Crippen molar-refractivity contribution in [2.75, 3.05) is 39.3 Å². The fourth-order valence-corrected chi connectivity index (χ4v) is 2.63. The van der Waals surface area contributed by atoms with Crippen molar-refractivity contribution in [3.05, 3.63) is 35.4 Å². The number of nitrogens with zero attached hydrogens (tertiary/aromatic N) is 2. The van der Waals surface area contributed by atoms with E-state index in [2.05, 4.69) is 16.7 Å². The largest absolute Gasteiger partial charge is 0.329 e. The summed E-state index contributed by atoms with van der Waals surface area (Å²) in [6.07, 6.45) is 0. The molecule has 1 fully saturated rings. The molecule has 1 aromatic carbocycles. The standard InChI is InChI=1S/C14H21F2N3/c1-2-18-5-7-19(8-6-18)14(10-17)12-9-11(15)3-4-13(12)16/h3-4,9,14H,2,5-8,10,17H2,1H3. The Morgan fingerprint density at radius 1 is 1.21 bits per heavy atom. The number of likely N-dealkylation sites (N-methyl/N-ethyl adjacent to an activating group) is 1. The number of benzene rings is 1. The summed E-state index contributed by atoms with van der Waals surface area (Å²) in [5.74, 6) is -0.795. The number of piperazine rings is 1. The third-order valence-corrected chi connectivity index (χ3v) is 3.84. The Kier molecular flexibility index (Phi) is 4.85. The minimum absolute atomic E-state index is 0.241. The molecule has 1 atom stereocenters.